The summed E-state index contributed by atoms with van der Waals surface area (Å²) in [4.78, 5) is 29.0. The minimum atomic E-state index is -0.118. The van der Waals surface area contributed by atoms with Gasteiger partial charge >= 0.3 is 6.03 Å². The topological polar surface area (TPSA) is 92.2 Å². The molecule has 10 heteroatoms. The van der Waals surface area contributed by atoms with E-state index in [1.54, 1.807) is 40.0 Å². The number of ether oxygens (including phenoxy) is 1. The van der Waals surface area contributed by atoms with Crippen molar-refractivity contribution in [2.24, 2.45) is 0 Å². The van der Waals surface area contributed by atoms with Crippen LogP contribution in [-0.2, 0) is 4.74 Å². The van der Waals surface area contributed by atoms with E-state index in [2.05, 4.69) is 30.1 Å². The van der Waals surface area contributed by atoms with Crippen LogP contribution >= 0.6 is 0 Å². The summed E-state index contributed by atoms with van der Waals surface area (Å²) in [5.41, 5.74) is 2.30. The Labute approximate surface area is 179 Å². The molecule has 0 bridgehead atoms. The molecule has 0 atom stereocenters. The van der Waals surface area contributed by atoms with Gasteiger partial charge in [0.1, 0.15) is 0 Å². The predicted octanol–water partition coefficient (Wildman–Crippen LogP) is 2.81. The van der Waals surface area contributed by atoms with Crippen LogP contribution in [0.3, 0.4) is 0 Å². The van der Waals surface area contributed by atoms with Gasteiger partial charge in [-0.15, -0.1) is 5.10 Å². The van der Waals surface area contributed by atoms with Crippen molar-refractivity contribution >= 4 is 29.0 Å². The average molecular weight is 418 g/mol. The zero-order valence-corrected chi connectivity index (χ0v) is 17.0. The fourth-order valence-corrected chi connectivity index (χ4v) is 3.88. The van der Waals surface area contributed by atoms with Crippen LogP contribution in [0.4, 0.5) is 22.0 Å². The third kappa shape index (κ3) is 3.87. The van der Waals surface area contributed by atoms with E-state index in [4.69, 9.17) is 11.3 Å². The Bertz CT molecular complexity index is 1160. The van der Waals surface area contributed by atoms with Crippen molar-refractivity contribution < 1.29 is 9.53 Å². The van der Waals surface area contributed by atoms with Crippen molar-refractivity contribution in [1.82, 2.24) is 24.5 Å². The minimum Gasteiger partial charge on any atom is -0.378 e. The van der Waals surface area contributed by atoms with E-state index in [1.807, 2.05) is 0 Å². The Kier molecular flexibility index (Phi) is 5.09. The second-order valence-corrected chi connectivity index (χ2v) is 7.55. The summed E-state index contributed by atoms with van der Waals surface area (Å²) in [7, 11) is 0. The number of fused-ring (bicyclic) bond motifs is 1. The van der Waals surface area contributed by atoms with Gasteiger partial charge in [-0.3, -0.25) is 0 Å². The summed E-state index contributed by atoms with van der Waals surface area (Å²) in [6, 6.07) is 5.11. The largest absolute Gasteiger partial charge is 0.378 e. The molecule has 1 N–H and O–H groups in total. The molecule has 2 aliphatic heterocycles. The lowest BCUT2D eigenvalue weighted by Crippen LogP contribution is -2.37. The number of carbonyl (C=O) groups excluding carboxylic acids is 1. The Morgan fingerprint density at radius 3 is 2.74 bits per heavy atom. The van der Waals surface area contributed by atoms with E-state index in [-0.39, 0.29) is 6.03 Å². The smallest absolute Gasteiger partial charge is 0.321 e. The van der Waals surface area contributed by atoms with E-state index < -0.39 is 0 Å². The van der Waals surface area contributed by atoms with Gasteiger partial charge < -0.3 is 19.9 Å². The van der Waals surface area contributed by atoms with Crippen molar-refractivity contribution in [2.45, 2.75) is 12.8 Å². The number of imidazole rings is 1. The fourth-order valence-electron chi connectivity index (χ4n) is 3.88. The molecule has 2 aliphatic rings. The van der Waals surface area contributed by atoms with E-state index in [0.717, 1.165) is 44.8 Å². The standard InChI is InChI=1S/C21H22N8O2/c1-22-17-5-4-15(24-21(30)28-6-2-3-7-28)12-16(17)18-14-29-20(25-18)23-13-19(26-29)27-8-10-31-11-9-27/h4-5,12-14H,2-3,6-11H2,(H,24,30). The molecule has 2 saturated heterocycles. The number of nitrogens with zero attached hydrogens (tertiary/aromatic N) is 7. The lowest BCUT2D eigenvalue weighted by molar-refractivity contribution is 0.122. The van der Waals surface area contributed by atoms with Crippen LogP contribution in [0, 0.1) is 6.57 Å². The number of amides is 2. The molecule has 5 rings (SSSR count). The van der Waals surface area contributed by atoms with Crippen LogP contribution in [0.2, 0.25) is 0 Å². The highest BCUT2D eigenvalue weighted by Crippen LogP contribution is 2.32. The number of rotatable bonds is 3. The van der Waals surface area contributed by atoms with Gasteiger partial charge in [-0.1, -0.05) is 6.07 Å². The summed E-state index contributed by atoms with van der Waals surface area (Å²) in [5, 5.41) is 7.56. The second-order valence-electron chi connectivity index (χ2n) is 7.55. The SMILES string of the molecule is [C-]#[N+]c1ccc(NC(=O)N2CCCC2)cc1-c1cn2nc(N3CCOCC3)cnc2n1. The molecule has 10 nitrogen and oxygen atoms in total. The van der Waals surface area contributed by atoms with Crippen molar-refractivity contribution in [1.29, 1.82) is 0 Å². The van der Waals surface area contributed by atoms with Crippen LogP contribution in [-0.4, -0.2) is 69.9 Å². The van der Waals surface area contributed by atoms with E-state index in [9.17, 15) is 4.79 Å². The molecule has 0 spiro atoms. The molecule has 4 heterocycles. The van der Waals surface area contributed by atoms with Gasteiger partial charge in [-0.05, 0) is 25.0 Å². The quantitative estimate of drug-likeness (QED) is 0.658. The van der Waals surface area contributed by atoms with E-state index in [1.165, 1.54) is 0 Å². The van der Waals surface area contributed by atoms with E-state index >= 15 is 0 Å². The number of benzene rings is 1. The lowest BCUT2D eigenvalue weighted by Gasteiger charge is -2.27. The first-order valence-corrected chi connectivity index (χ1v) is 10.3. The van der Waals surface area contributed by atoms with Crippen molar-refractivity contribution in [3.05, 3.63) is 42.0 Å². The van der Waals surface area contributed by atoms with Crippen molar-refractivity contribution in [3.8, 4) is 11.3 Å². The number of aromatic nitrogens is 4. The Morgan fingerprint density at radius 2 is 1.97 bits per heavy atom. The molecular formula is C21H22N8O2. The van der Waals surface area contributed by atoms with Crippen LogP contribution < -0.4 is 10.2 Å². The number of urea groups is 1. The molecule has 2 amide bonds. The maximum absolute atomic E-state index is 12.4. The number of morpholine rings is 1. The highest BCUT2D eigenvalue weighted by molar-refractivity contribution is 5.91. The third-order valence-electron chi connectivity index (χ3n) is 5.55. The monoisotopic (exact) mass is 418 g/mol. The molecule has 0 aliphatic carbocycles. The minimum absolute atomic E-state index is 0.118. The molecule has 1 aromatic carbocycles. The lowest BCUT2D eigenvalue weighted by atomic mass is 10.1. The van der Waals surface area contributed by atoms with E-state index in [0.29, 0.717) is 41.6 Å². The fraction of sp³-hybridized carbons (Fsp3) is 0.381. The first-order valence-electron chi connectivity index (χ1n) is 10.3. The predicted molar refractivity (Wildman–Crippen MR) is 115 cm³/mol. The summed E-state index contributed by atoms with van der Waals surface area (Å²) < 4.78 is 7.03. The van der Waals surface area contributed by atoms with Crippen LogP contribution in [0.25, 0.3) is 21.9 Å². The van der Waals surface area contributed by atoms with Gasteiger partial charge in [-0.25, -0.2) is 24.1 Å². The molecule has 2 aromatic heterocycles. The van der Waals surface area contributed by atoms with Gasteiger partial charge in [0.2, 0.25) is 0 Å². The first kappa shape index (κ1) is 19.3. The first-order chi connectivity index (χ1) is 15.2. The molecule has 0 unspecified atom stereocenters. The summed E-state index contributed by atoms with van der Waals surface area (Å²) in [6.45, 7) is 11.9. The molecule has 31 heavy (non-hydrogen) atoms. The van der Waals surface area contributed by atoms with Crippen LogP contribution in [0.5, 0.6) is 0 Å². The summed E-state index contributed by atoms with van der Waals surface area (Å²) in [6.07, 6.45) is 5.54. The zero-order valence-electron chi connectivity index (χ0n) is 17.0. The molecule has 2 fully saturated rings. The highest BCUT2D eigenvalue weighted by Gasteiger charge is 2.19. The van der Waals surface area contributed by atoms with Crippen LogP contribution in [0.1, 0.15) is 12.8 Å². The molecule has 0 saturated carbocycles. The van der Waals surface area contributed by atoms with Gasteiger partial charge in [0.25, 0.3) is 5.78 Å². The highest BCUT2D eigenvalue weighted by atomic mass is 16.5. The number of anilines is 2. The molecule has 158 valence electrons. The number of carbonyl (C=O) groups is 1. The Balaban J connectivity index is 1.45. The Hall–Kier alpha value is -3.71. The Morgan fingerprint density at radius 1 is 1.16 bits per heavy atom. The maximum atomic E-state index is 12.4. The molecule has 0 radical (unpaired) electrons. The average Bonchev–Trinajstić information content (AvgIpc) is 3.49. The second kappa shape index (κ2) is 8.20. The van der Waals surface area contributed by atoms with Gasteiger partial charge in [0.15, 0.2) is 11.5 Å². The number of hydrogen-bond acceptors (Lipinski definition) is 6. The van der Waals surface area contributed by atoms with Gasteiger partial charge in [0.05, 0.1) is 37.9 Å². The number of likely N-dealkylation sites (tertiary alicyclic amines) is 1. The van der Waals surface area contributed by atoms with Crippen molar-refractivity contribution in [2.75, 3.05) is 49.6 Å². The zero-order chi connectivity index (χ0) is 21.2. The summed E-state index contributed by atoms with van der Waals surface area (Å²) >= 11 is 0. The molecule has 3 aromatic rings. The maximum Gasteiger partial charge on any atom is 0.321 e. The number of hydrogen-bond donors (Lipinski definition) is 1. The van der Waals surface area contributed by atoms with Crippen LogP contribution in [0.15, 0.2) is 30.6 Å². The normalized spacial score (nSPS) is 16.5. The number of nitrogens with one attached hydrogen (secondary N) is 1. The van der Waals surface area contributed by atoms with Crippen molar-refractivity contribution in [3.63, 3.8) is 0 Å². The third-order valence-corrected chi connectivity index (χ3v) is 5.55. The molecular weight excluding hydrogens is 396 g/mol. The summed E-state index contributed by atoms with van der Waals surface area (Å²) in [5.74, 6) is 1.21. The van der Waals surface area contributed by atoms with Gasteiger partial charge in [0, 0.05) is 37.4 Å². The van der Waals surface area contributed by atoms with Gasteiger partial charge in [-0.2, -0.15) is 0 Å².